The summed E-state index contributed by atoms with van der Waals surface area (Å²) in [6.07, 6.45) is 0.840. The molecule has 1 heterocycles. The zero-order valence-corrected chi connectivity index (χ0v) is 14.5. The van der Waals surface area contributed by atoms with E-state index in [1.807, 2.05) is 24.0 Å². The van der Waals surface area contributed by atoms with E-state index in [4.69, 9.17) is 4.74 Å². The van der Waals surface area contributed by atoms with Crippen molar-refractivity contribution in [3.63, 3.8) is 0 Å². The Morgan fingerprint density at radius 1 is 1.16 bits per heavy atom. The fourth-order valence-corrected chi connectivity index (χ4v) is 3.30. The summed E-state index contributed by atoms with van der Waals surface area (Å²) in [5.41, 5.74) is 2.89. The van der Waals surface area contributed by atoms with Gasteiger partial charge >= 0.3 is 0 Å². The van der Waals surface area contributed by atoms with Crippen LogP contribution >= 0.6 is 0 Å². The number of ether oxygens (including phenoxy) is 1. The Hall–Kier alpha value is -2.82. The largest absolute Gasteiger partial charge is 0.496 e. The number of rotatable bonds is 4. The number of carbonyl (C=O) groups excluding carboxylic acids is 2. The van der Waals surface area contributed by atoms with Gasteiger partial charge in [-0.2, -0.15) is 0 Å². The van der Waals surface area contributed by atoms with Gasteiger partial charge in [0.25, 0.3) is 5.91 Å². The lowest BCUT2D eigenvalue weighted by Gasteiger charge is -2.35. The molecule has 0 saturated carbocycles. The van der Waals surface area contributed by atoms with Crippen molar-refractivity contribution in [3.05, 3.63) is 65.2 Å². The molecule has 2 aromatic carbocycles. The molecule has 5 nitrogen and oxygen atoms in total. The zero-order valence-electron chi connectivity index (χ0n) is 14.5. The van der Waals surface area contributed by atoms with Gasteiger partial charge in [0.05, 0.1) is 25.3 Å². The van der Waals surface area contributed by atoms with Gasteiger partial charge in [0, 0.05) is 6.54 Å². The summed E-state index contributed by atoms with van der Waals surface area (Å²) in [7, 11) is 1.52. The van der Waals surface area contributed by atoms with Gasteiger partial charge < -0.3 is 15.0 Å². The van der Waals surface area contributed by atoms with Crippen molar-refractivity contribution in [1.82, 2.24) is 10.2 Å². The highest BCUT2D eigenvalue weighted by Gasteiger charge is 2.27. The van der Waals surface area contributed by atoms with E-state index in [1.54, 1.807) is 24.3 Å². The minimum atomic E-state index is -0.309. The van der Waals surface area contributed by atoms with Crippen LogP contribution in [0.15, 0.2) is 48.5 Å². The first-order valence-electron chi connectivity index (χ1n) is 8.40. The Morgan fingerprint density at radius 2 is 1.88 bits per heavy atom. The predicted octanol–water partition coefficient (Wildman–Crippen LogP) is 2.57. The topological polar surface area (TPSA) is 58.6 Å². The van der Waals surface area contributed by atoms with Crippen molar-refractivity contribution in [1.29, 1.82) is 0 Å². The second kappa shape index (κ2) is 7.38. The van der Waals surface area contributed by atoms with E-state index in [0.717, 1.165) is 6.42 Å². The number of para-hydroxylation sites is 1. The first-order chi connectivity index (χ1) is 12.1. The molecule has 5 heteroatoms. The molecule has 1 N–H and O–H groups in total. The van der Waals surface area contributed by atoms with Gasteiger partial charge in [0.1, 0.15) is 5.75 Å². The number of methoxy groups -OCH3 is 1. The fourth-order valence-electron chi connectivity index (χ4n) is 3.30. The van der Waals surface area contributed by atoms with Crippen LogP contribution in [0.25, 0.3) is 0 Å². The Morgan fingerprint density at radius 3 is 2.68 bits per heavy atom. The highest BCUT2D eigenvalue weighted by molar-refractivity contribution is 5.98. The maximum Gasteiger partial charge on any atom is 0.255 e. The van der Waals surface area contributed by atoms with Gasteiger partial charge in [0.15, 0.2) is 0 Å². The molecular formula is C20H22N2O3. The van der Waals surface area contributed by atoms with Gasteiger partial charge in [0.2, 0.25) is 5.91 Å². The first kappa shape index (κ1) is 17.0. The highest BCUT2D eigenvalue weighted by Crippen LogP contribution is 2.28. The van der Waals surface area contributed by atoms with E-state index in [2.05, 4.69) is 17.4 Å². The van der Waals surface area contributed by atoms with E-state index in [-0.39, 0.29) is 24.4 Å². The Balaban J connectivity index is 1.64. The summed E-state index contributed by atoms with van der Waals surface area (Å²) in [6, 6.07) is 15.2. The second-order valence-electron chi connectivity index (χ2n) is 6.09. The molecule has 0 aromatic heterocycles. The smallest absolute Gasteiger partial charge is 0.255 e. The van der Waals surface area contributed by atoms with Gasteiger partial charge in [-0.3, -0.25) is 9.59 Å². The number of nitrogens with one attached hydrogen (secondary N) is 1. The van der Waals surface area contributed by atoms with Crippen molar-refractivity contribution in [2.45, 2.75) is 19.4 Å². The Bertz CT molecular complexity index is 788. The molecule has 1 atom stereocenters. The molecule has 0 saturated heterocycles. The van der Waals surface area contributed by atoms with E-state index in [1.165, 1.54) is 18.2 Å². The summed E-state index contributed by atoms with van der Waals surface area (Å²) in [5, 5.41) is 2.71. The third-order valence-electron chi connectivity index (χ3n) is 4.67. The standard InChI is InChI=1S/C20H22N2O3/c1-14-16-8-4-3-7-15(16)11-12-22(14)19(23)13-21-20(24)17-9-5-6-10-18(17)25-2/h3-10,14H,11-13H2,1-2H3,(H,21,24)/t14-/m1/s1. The van der Waals surface area contributed by atoms with Crippen LogP contribution < -0.4 is 10.1 Å². The summed E-state index contributed by atoms with van der Waals surface area (Å²) < 4.78 is 5.19. The summed E-state index contributed by atoms with van der Waals surface area (Å²) in [6.45, 7) is 2.67. The Kier molecular flexibility index (Phi) is 5.03. The maximum absolute atomic E-state index is 12.6. The van der Waals surface area contributed by atoms with Crippen molar-refractivity contribution >= 4 is 11.8 Å². The molecule has 1 aliphatic heterocycles. The van der Waals surface area contributed by atoms with E-state index >= 15 is 0 Å². The average molecular weight is 338 g/mol. The molecule has 0 fully saturated rings. The van der Waals surface area contributed by atoms with Gasteiger partial charge in [-0.15, -0.1) is 0 Å². The molecule has 0 spiro atoms. The molecule has 0 unspecified atom stereocenters. The van der Waals surface area contributed by atoms with Gasteiger partial charge in [-0.25, -0.2) is 0 Å². The SMILES string of the molecule is COc1ccccc1C(=O)NCC(=O)N1CCc2ccccc2[C@H]1C. The number of carbonyl (C=O) groups is 2. The molecule has 0 radical (unpaired) electrons. The second-order valence-corrected chi connectivity index (χ2v) is 6.09. The number of amides is 2. The Labute approximate surface area is 147 Å². The van der Waals surface area contributed by atoms with E-state index in [9.17, 15) is 9.59 Å². The van der Waals surface area contributed by atoms with Gasteiger partial charge in [-0.1, -0.05) is 36.4 Å². The van der Waals surface area contributed by atoms with Crippen LogP contribution in [0.2, 0.25) is 0 Å². The lowest BCUT2D eigenvalue weighted by atomic mass is 9.93. The normalized spacial score (nSPS) is 16.1. The molecule has 2 aromatic rings. The van der Waals surface area contributed by atoms with Crippen molar-refractivity contribution in [2.24, 2.45) is 0 Å². The number of hydrogen-bond acceptors (Lipinski definition) is 3. The monoisotopic (exact) mass is 338 g/mol. The molecule has 0 aliphatic carbocycles. The van der Waals surface area contributed by atoms with Crippen LogP contribution in [-0.2, 0) is 11.2 Å². The lowest BCUT2D eigenvalue weighted by molar-refractivity contribution is -0.132. The highest BCUT2D eigenvalue weighted by atomic mass is 16.5. The minimum Gasteiger partial charge on any atom is -0.496 e. The third-order valence-corrected chi connectivity index (χ3v) is 4.67. The summed E-state index contributed by atoms with van der Waals surface area (Å²) >= 11 is 0. The van der Waals surface area contributed by atoms with Crippen molar-refractivity contribution in [3.8, 4) is 5.75 Å². The molecule has 1 aliphatic rings. The van der Waals surface area contributed by atoms with E-state index < -0.39 is 0 Å². The fraction of sp³-hybridized carbons (Fsp3) is 0.300. The van der Waals surface area contributed by atoms with Crippen LogP contribution in [0.4, 0.5) is 0 Å². The van der Waals surface area contributed by atoms with Crippen molar-refractivity contribution in [2.75, 3.05) is 20.2 Å². The first-order valence-corrected chi connectivity index (χ1v) is 8.40. The van der Waals surface area contributed by atoms with Crippen LogP contribution in [0, 0.1) is 0 Å². The minimum absolute atomic E-state index is 0.0145. The quantitative estimate of drug-likeness (QED) is 0.932. The predicted molar refractivity (Wildman–Crippen MR) is 95.6 cm³/mol. The molecule has 3 rings (SSSR count). The summed E-state index contributed by atoms with van der Waals surface area (Å²) in [5.74, 6) is 0.105. The third kappa shape index (κ3) is 3.50. The van der Waals surface area contributed by atoms with Gasteiger partial charge in [-0.05, 0) is 36.6 Å². The zero-order chi connectivity index (χ0) is 17.8. The molecular weight excluding hydrogens is 316 g/mol. The lowest BCUT2D eigenvalue weighted by Crippen LogP contribution is -2.44. The number of benzene rings is 2. The molecule has 2 amide bonds. The van der Waals surface area contributed by atoms with Crippen LogP contribution in [-0.4, -0.2) is 36.9 Å². The van der Waals surface area contributed by atoms with Crippen LogP contribution in [0.3, 0.4) is 0 Å². The number of nitrogens with zero attached hydrogens (tertiary/aromatic N) is 1. The van der Waals surface area contributed by atoms with E-state index in [0.29, 0.717) is 17.9 Å². The average Bonchev–Trinajstić information content (AvgIpc) is 2.66. The van der Waals surface area contributed by atoms with Crippen LogP contribution in [0.1, 0.15) is 34.5 Å². The maximum atomic E-state index is 12.6. The van der Waals surface area contributed by atoms with Crippen LogP contribution in [0.5, 0.6) is 5.75 Å². The van der Waals surface area contributed by atoms with Crippen molar-refractivity contribution < 1.29 is 14.3 Å². The molecule has 25 heavy (non-hydrogen) atoms. The number of hydrogen-bond donors (Lipinski definition) is 1. The molecule has 130 valence electrons. The number of fused-ring (bicyclic) bond motifs is 1. The molecule has 0 bridgehead atoms. The summed E-state index contributed by atoms with van der Waals surface area (Å²) in [4.78, 5) is 26.7.